The maximum Gasteiger partial charge on any atom is 0.330 e. The molecule has 4 fully saturated rings. The summed E-state index contributed by atoms with van der Waals surface area (Å²) in [4.78, 5) is 26.4. The molecular formula is C48H56O28. The maximum atomic E-state index is 13.9. The lowest BCUT2D eigenvalue weighted by Crippen LogP contribution is -2.61. The van der Waals surface area contributed by atoms with Crippen molar-refractivity contribution < 1.29 is 134 Å². The Morgan fingerprint density at radius 1 is 0.579 bits per heavy atom. The van der Waals surface area contributed by atoms with Crippen LogP contribution in [0.1, 0.15) is 12.5 Å². The van der Waals surface area contributed by atoms with Crippen LogP contribution < -0.4 is 19.6 Å². The Morgan fingerprint density at radius 2 is 1.12 bits per heavy atom. The normalized spacial score (nSPS) is 36.0. The molecule has 0 bridgehead atoms. The smallest absolute Gasteiger partial charge is 0.330 e. The minimum absolute atomic E-state index is 0.00445. The first-order valence-corrected chi connectivity index (χ1v) is 23.4. The molecule has 2 aromatic carbocycles. The van der Waals surface area contributed by atoms with Crippen molar-refractivity contribution in [2.45, 2.75) is 130 Å². The van der Waals surface area contributed by atoms with E-state index < -0.39 is 189 Å². The molecule has 5 aliphatic heterocycles. The zero-order valence-electron chi connectivity index (χ0n) is 39.6. The van der Waals surface area contributed by atoms with Crippen LogP contribution >= 0.6 is 0 Å². The Hall–Kier alpha value is -5.84. The van der Waals surface area contributed by atoms with Gasteiger partial charge in [-0.3, -0.25) is 4.79 Å². The fourth-order valence-electron chi connectivity index (χ4n) is 8.49. The van der Waals surface area contributed by atoms with E-state index in [0.717, 1.165) is 36.4 Å². The third kappa shape index (κ3) is 11.8. The first-order chi connectivity index (χ1) is 36.0. The number of esters is 1. The summed E-state index contributed by atoms with van der Waals surface area (Å²) >= 11 is 0. The van der Waals surface area contributed by atoms with Crippen LogP contribution in [0, 0.1) is 0 Å². The number of rotatable bonds is 15. The van der Waals surface area contributed by atoms with E-state index in [1.54, 1.807) is 0 Å². The molecule has 416 valence electrons. The number of phenols is 3. The van der Waals surface area contributed by atoms with E-state index >= 15 is 0 Å². The largest absolute Gasteiger partial charge is 0.508 e. The Balaban J connectivity index is 1.10. The number of aliphatic hydroxyl groups excluding tert-OH is 13. The second-order valence-corrected chi connectivity index (χ2v) is 18.3. The van der Waals surface area contributed by atoms with Gasteiger partial charge in [0, 0.05) is 23.8 Å². The molecule has 76 heavy (non-hydrogen) atoms. The third-order valence-corrected chi connectivity index (χ3v) is 13.0. The summed E-state index contributed by atoms with van der Waals surface area (Å²) in [6, 6.07) is 10.6. The Morgan fingerprint density at radius 3 is 1.74 bits per heavy atom. The van der Waals surface area contributed by atoms with Gasteiger partial charge >= 0.3 is 5.97 Å². The fourth-order valence-corrected chi connectivity index (χ4v) is 8.49. The first kappa shape index (κ1) is 56.4. The minimum Gasteiger partial charge on any atom is -0.508 e. The summed E-state index contributed by atoms with van der Waals surface area (Å²) < 4.78 is 56.6. The van der Waals surface area contributed by atoms with Crippen molar-refractivity contribution in [1.82, 2.24) is 0 Å². The number of phenolic OH excluding ortho intramolecular Hbond substituents is 3. The van der Waals surface area contributed by atoms with Crippen molar-refractivity contribution in [3.63, 3.8) is 0 Å². The van der Waals surface area contributed by atoms with Crippen LogP contribution in [0.4, 0.5) is 0 Å². The monoisotopic (exact) mass is 1080 g/mol. The minimum atomic E-state index is -2.10. The Kier molecular flexibility index (Phi) is 17.4. The summed E-state index contributed by atoms with van der Waals surface area (Å²) in [6.07, 6.45) is -33.2. The Bertz CT molecular complexity index is 2680. The van der Waals surface area contributed by atoms with Gasteiger partial charge in [-0.1, -0.05) is 12.1 Å². The number of carbonyl (C=O) groups is 1. The second kappa shape index (κ2) is 23.4. The molecule has 16 N–H and O–H groups in total. The quantitative estimate of drug-likeness (QED) is 0.0302. The lowest BCUT2D eigenvalue weighted by molar-refractivity contribution is -0.318. The number of hydrogen-bond donors (Lipinski definition) is 16. The van der Waals surface area contributed by atoms with Crippen molar-refractivity contribution in [3.8, 4) is 57.1 Å². The molecule has 0 saturated carbocycles. The zero-order chi connectivity index (χ0) is 55.0. The molecule has 20 atom stereocenters. The van der Waals surface area contributed by atoms with Crippen molar-refractivity contribution in [1.29, 1.82) is 0 Å². The van der Waals surface area contributed by atoms with Gasteiger partial charge in [0.2, 0.25) is 24.6 Å². The van der Waals surface area contributed by atoms with Crippen molar-refractivity contribution in [2.75, 3.05) is 19.8 Å². The highest BCUT2D eigenvalue weighted by molar-refractivity contribution is 5.87. The standard InChI is InChI=1S/C48H56O28/c1-16-31(54)36(59)40(63)45(69-16)68-15-29-35(58)39(62)43(66)48(76-29)73-26-12-21-22(51)10-20(70-46-41(64)38(61)34(57)28(75-46)14-67-30(53)7-4-17-2-5-19(50)6-3-17)11-24(21)71-44(26)18-8-23(52)32(55)25(9-18)72-47-42(65)37(60)33(56)27(13-49)74-47/h2-12,16,27-29,31,33-43,45-50,52,54-66H,13-15H2,1H3/t16-,27+,28-,29+,31-,33+,34+,35+,36-,37-,38-,39-,40-,41+,42+,43+,45+,46+,47+,48+/m0/s1. The van der Waals surface area contributed by atoms with E-state index in [2.05, 4.69) is 0 Å². The average Bonchev–Trinajstić information content (AvgIpc) is 3.40. The van der Waals surface area contributed by atoms with E-state index in [1.165, 1.54) is 37.3 Å². The van der Waals surface area contributed by atoms with Crippen LogP contribution in [0.25, 0.3) is 28.7 Å². The van der Waals surface area contributed by atoms with Gasteiger partial charge in [-0.25, -0.2) is 4.79 Å². The number of benzene rings is 3. The molecule has 0 spiro atoms. The van der Waals surface area contributed by atoms with Crippen molar-refractivity contribution >= 4 is 12.0 Å². The van der Waals surface area contributed by atoms with Crippen LogP contribution in [0.3, 0.4) is 0 Å². The summed E-state index contributed by atoms with van der Waals surface area (Å²) in [7, 11) is 0. The lowest BCUT2D eigenvalue weighted by atomic mass is 9.98. The third-order valence-electron chi connectivity index (χ3n) is 13.0. The zero-order valence-corrected chi connectivity index (χ0v) is 39.6. The fraction of sp³-hybridized carbons (Fsp3) is 0.500. The molecule has 0 amide bonds. The second-order valence-electron chi connectivity index (χ2n) is 18.3. The SMILES string of the molecule is C[C@@H]1O[C@@H](OC[C@H]2O[C@@H](Oc3cc4c(=O)cc(O[C@@H]5O[C@@H](COC(=O)C=Cc6ccc(O)cc6)[C@@H](O)[C@H](O)[C@H]5O)cc-4oc3-c3cc(O)c(O)c(O[C@@H]4O[C@H](CO)[C@@H](O)[C@H](O)[C@H]4O)c3)[C@H](O)[C@@H](O)[C@@H]2O)[C@@H](O)[C@@H](O)[C@H]1O. The number of aliphatic hydroxyl groups is 13. The predicted octanol–water partition coefficient (Wildman–Crippen LogP) is -4.82. The highest BCUT2D eigenvalue weighted by Gasteiger charge is 2.49. The molecule has 4 saturated heterocycles. The van der Waals surface area contributed by atoms with Gasteiger partial charge in [0.15, 0.2) is 34.7 Å². The van der Waals surface area contributed by atoms with Gasteiger partial charge < -0.3 is 129 Å². The topological polar surface area (TPSA) is 454 Å². The molecule has 8 rings (SSSR count). The lowest BCUT2D eigenvalue weighted by Gasteiger charge is -2.42. The molecule has 0 radical (unpaired) electrons. The highest BCUT2D eigenvalue weighted by atomic mass is 16.7. The van der Waals surface area contributed by atoms with Crippen LogP contribution in [0.2, 0.25) is 0 Å². The predicted molar refractivity (Wildman–Crippen MR) is 246 cm³/mol. The molecule has 6 aliphatic rings. The maximum absolute atomic E-state index is 13.9. The number of aromatic hydroxyl groups is 3. The number of carbonyl (C=O) groups excluding carboxylic acids is 1. The summed E-state index contributed by atoms with van der Waals surface area (Å²) in [5, 5.41) is 169. The number of hydrogen-bond acceptors (Lipinski definition) is 28. The van der Waals surface area contributed by atoms with Gasteiger partial charge in [-0.15, -0.1) is 0 Å². The van der Waals surface area contributed by atoms with E-state index in [0.29, 0.717) is 5.56 Å². The van der Waals surface area contributed by atoms with Crippen LogP contribution in [0.5, 0.6) is 34.5 Å². The van der Waals surface area contributed by atoms with E-state index in [9.17, 15) is 91.3 Å². The molecule has 0 aromatic heterocycles. The number of ether oxygens (including phenoxy) is 9. The van der Waals surface area contributed by atoms with E-state index in [4.69, 9.17) is 47.0 Å². The molecule has 0 unspecified atom stereocenters. The average molecular weight is 1080 g/mol. The molecule has 1 aliphatic carbocycles. The first-order valence-electron chi connectivity index (χ1n) is 23.4. The van der Waals surface area contributed by atoms with Gasteiger partial charge in [0.05, 0.1) is 24.9 Å². The molecule has 2 aromatic rings. The van der Waals surface area contributed by atoms with Gasteiger partial charge in [-0.2, -0.15) is 0 Å². The number of fused-ring (bicyclic) bond motifs is 1. The summed E-state index contributed by atoms with van der Waals surface area (Å²) in [5.74, 6) is -5.44. The molecule has 28 heteroatoms. The van der Waals surface area contributed by atoms with Crippen molar-refractivity contribution in [2.24, 2.45) is 0 Å². The molecule has 28 nitrogen and oxygen atoms in total. The van der Waals surface area contributed by atoms with Gasteiger partial charge in [-0.05, 0) is 48.9 Å². The van der Waals surface area contributed by atoms with Crippen LogP contribution in [-0.4, -0.2) is 230 Å². The Labute approximate surface area is 428 Å². The summed E-state index contributed by atoms with van der Waals surface area (Å²) in [6.45, 7) is -0.872. The van der Waals surface area contributed by atoms with E-state index in [1.807, 2.05) is 0 Å². The van der Waals surface area contributed by atoms with E-state index in [-0.39, 0.29) is 22.6 Å². The van der Waals surface area contributed by atoms with Gasteiger partial charge in [0.1, 0.15) is 115 Å². The summed E-state index contributed by atoms with van der Waals surface area (Å²) in [5.41, 5.74) is -1.04. The van der Waals surface area contributed by atoms with Crippen molar-refractivity contribution in [3.05, 3.63) is 76.5 Å². The van der Waals surface area contributed by atoms with Crippen LogP contribution in [-0.2, 0) is 33.2 Å². The molecular weight excluding hydrogens is 1020 g/mol. The highest BCUT2D eigenvalue weighted by Crippen LogP contribution is 2.46. The van der Waals surface area contributed by atoms with Crippen LogP contribution in [0.15, 0.2) is 69.9 Å². The van der Waals surface area contributed by atoms with Gasteiger partial charge in [0.25, 0.3) is 0 Å². The molecule has 5 heterocycles.